The van der Waals surface area contributed by atoms with Gasteiger partial charge in [-0.15, -0.1) is 0 Å². The number of allylic oxidation sites excluding steroid dienone is 1. The average Bonchev–Trinajstić information content (AvgIpc) is 2.82. The quantitative estimate of drug-likeness (QED) is 0.565. The number of ether oxygens (including phenoxy) is 3. The first-order valence-electron chi connectivity index (χ1n) is 9.85. The van der Waals surface area contributed by atoms with Gasteiger partial charge in [0.25, 0.3) is 0 Å². The fraction of sp³-hybridized carbons (Fsp3) is 0.120. The van der Waals surface area contributed by atoms with Gasteiger partial charge < -0.3 is 25.1 Å². The largest absolute Gasteiger partial charge is 0.508 e. The molecule has 3 aromatic rings. The summed E-state index contributed by atoms with van der Waals surface area (Å²) in [7, 11) is 1.48. The predicted molar refractivity (Wildman–Crippen MR) is 121 cm³/mol. The van der Waals surface area contributed by atoms with E-state index in [9.17, 15) is 15.6 Å². The second-order valence-electron chi connectivity index (χ2n) is 7.24. The molecule has 3 N–H and O–H groups in total. The van der Waals surface area contributed by atoms with Gasteiger partial charge in [0.2, 0.25) is 5.88 Å². The lowest BCUT2D eigenvalue weighted by molar-refractivity contribution is 0.284. The Balaban J connectivity index is 1.75. The highest BCUT2D eigenvalue weighted by atomic mass is 35.5. The molecular weight excluding hydrogens is 442 g/mol. The summed E-state index contributed by atoms with van der Waals surface area (Å²) in [5, 5.41) is 29.1. The van der Waals surface area contributed by atoms with Gasteiger partial charge in [-0.05, 0) is 29.8 Å². The van der Waals surface area contributed by atoms with Crippen molar-refractivity contribution in [3.8, 4) is 35.1 Å². The van der Waals surface area contributed by atoms with Crippen molar-refractivity contribution in [3.63, 3.8) is 0 Å². The maximum Gasteiger partial charge on any atom is 0.205 e. The number of hydrogen-bond acceptors (Lipinski definition) is 7. The lowest BCUT2D eigenvalue weighted by Gasteiger charge is -2.27. The summed E-state index contributed by atoms with van der Waals surface area (Å²) in [6.07, 6.45) is 0. The van der Waals surface area contributed by atoms with Crippen LogP contribution in [0.1, 0.15) is 28.2 Å². The molecule has 0 fully saturated rings. The van der Waals surface area contributed by atoms with Crippen LogP contribution >= 0.6 is 11.6 Å². The van der Waals surface area contributed by atoms with Gasteiger partial charge in [0.1, 0.15) is 29.7 Å². The summed E-state index contributed by atoms with van der Waals surface area (Å²) in [6.45, 7) is 0.120. The maximum absolute atomic E-state index is 9.83. The van der Waals surface area contributed by atoms with Gasteiger partial charge in [0, 0.05) is 17.2 Å². The summed E-state index contributed by atoms with van der Waals surface area (Å²) in [5.41, 5.74) is 8.71. The van der Waals surface area contributed by atoms with Crippen LogP contribution in [-0.4, -0.2) is 12.2 Å². The van der Waals surface area contributed by atoms with Crippen LogP contribution in [0.3, 0.4) is 0 Å². The van der Waals surface area contributed by atoms with E-state index in [0.29, 0.717) is 39.5 Å². The number of methoxy groups -OCH3 is 1. The lowest BCUT2D eigenvalue weighted by atomic mass is 9.83. The summed E-state index contributed by atoms with van der Waals surface area (Å²) in [5.74, 6) is 0.389. The van der Waals surface area contributed by atoms with Crippen molar-refractivity contribution < 1.29 is 19.3 Å². The normalized spacial score (nSPS) is 14.5. The molecule has 0 spiro atoms. The van der Waals surface area contributed by atoms with E-state index in [4.69, 9.17) is 31.5 Å². The molecule has 33 heavy (non-hydrogen) atoms. The zero-order valence-electron chi connectivity index (χ0n) is 17.5. The number of phenolic OH excluding ortho intramolecular Hbond substituents is 1. The van der Waals surface area contributed by atoms with E-state index < -0.39 is 5.92 Å². The van der Waals surface area contributed by atoms with E-state index in [2.05, 4.69) is 12.1 Å². The van der Waals surface area contributed by atoms with Crippen LogP contribution in [0.2, 0.25) is 5.02 Å². The topological polar surface area (TPSA) is 122 Å². The van der Waals surface area contributed by atoms with Crippen LogP contribution in [0.15, 0.2) is 66.1 Å². The molecule has 0 unspecified atom stereocenters. The summed E-state index contributed by atoms with van der Waals surface area (Å²) in [4.78, 5) is 0. The molecule has 0 amide bonds. The lowest BCUT2D eigenvalue weighted by Crippen LogP contribution is -2.21. The molecule has 4 rings (SSSR count). The van der Waals surface area contributed by atoms with Crippen molar-refractivity contribution >= 4 is 11.6 Å². The molecule has 164 valence electrons. The number of aromatic hydroxyl groups is 1. The summed E-state index contributed by atoms with van der Waals surface area (Å²) < 4.78 is 17.0. The van der Waals surface area contributed by atoms with E-state index in [-0.39, 0.29) is 28.8 Å². The standard InChI is InChI=1S/C25H18ClN3O4/c1-31-22-9-16(8-20(26)24(22)32-13-15-5-3-2-4-14(15)11-27)23-18-7-6-17(30)10-21(18)33-25(29)19(23)12-28/h2-10,23,30H,13,29H2,1H3/t23-/m1/s1. The van der Waals surface area contributed by atoms with Gasteiger partial charge >= 0.3 is 0 Å². The number of fused-ring (bicyclic) bond motifs is 1. The molecule has 0 bridgehead atoms. The number of rotatable bonds is 5. The minimum absolute atomic E-state index is 0.0118. The number of nitrogens with zero attached hydrogens (tertiary/aromatic N) is 2. The Morgan fingerprint density at radius 2 is 1.91 bits per heavy atom. The smallest absolute Gasteiger partial charge is 0.205 e. The number of hydrogen-bond donors (Lipinski definition) is 2. The molecule has 1 atom stereocenters. The van der Waals surface area contributed by atoms with Crippen molar-refractivity contribution in [3.05, 3.63) is 93.3 Å². The predicted octanol–water partition coefficient (Wildman–Crippen LogP) is 4.72. The number of halogens is 1. The monoisotopic (exact) mass is 459 g/mol. The number of phenols is 1. The fourth-order valence-electron chi connectivity index (χ4n) is 3.74. The second-order valence-corrected chi connectivity index (χ2v) is 7.65. The van der Waals surface area contributed by atoms with Gasteiger partial charge in [0.05, 0.1) is 29.7 Å². The Labute approximate surface area is 195 Å². The van der Waals surface area contributed by atoms with Crippen LogP contribution in [0, 0.1) is 22.7 Å². The van der Waals surface area contributed by atoms with Crippen molar-refractivity contribution in [2.75, 3.05) is 7.11 Å². The third-order valence-electron chi connectivity index (χ3n) is 5.30. The molecular formula is C25H18ClN3O4. The molecule has 3 aromatic carbocycles. The highest BCUT2D eigenvalue weighted by molar-refractivity contribution is 6.32. The Hall–Kier alpha value is -4.33. The third kappa shape index (κ3) is 4.10. The number of nitriles is 2. The van der Waals surface area contributed by atoms with Gasteiger partial charge in [-0.2, -0.15) is 10.5 Å². The van der Waals surface area contributed by atoms with Crippen molar-refractivity contribution in [2.24, 2.45) is 5.73 Å². The molecule has 7 nitrogen and oxygen atoms in total. The minimum Gasteiger partial charge on any atom is -0.508 e. The zero-order chi connectivity index (χ0) is 23.5. The van der Waals surface area contributed by atoms with Crippen LogP contribution in [0.4, 0.5) is 0 Å². The highest BCUT2D eigenvalue weighted by Crippen LogP contribution is 2.47. The van der Waals surface area contributed by atoms with Crippen LogP contribution in [-0.2, 0) is 6.61 Å². The number of nitrogens with two attached hydrogens (primary N) is 1. The zero-order valence-corrected chi connectivity index (χ0v) is 18.3. The summed E-state index contributed by atoms with van der Waals surface area (Å²) in [6, 6.07) is 19.4. The summed E-state index contributed by atoms with van der Waals surface area (Å²) >= 11 is 6.58. The molecule has 0 saturated heterocycles. The maximum atomic E-state index is 9.83. The molecule has 0 aromatic heterocycles. The SMILES string of the molecule is COc1cc([C@H]2C(C#N)=C(N)Oc3cc(O)ccc32)cc(Cl)c1OCc1ccccc1C#N. The van der Waals surface area contributed by atoms with Gasteiger partial charge in [-0.1, -0.05) is 35.9 Å². The molecule has 1 heterocycles. The van der Waals surface area contributed by atoms with Crippen LogP contribution in [0.5, 0.6) is 23.0 Å². The number of benzene rings is 3. The first kappa shape index (κ1) is 21.9. The van der Waals surface area contributed by atoms with Crippen molar-refractivity contribution in [1.82, 2.24) is 0 Å². The van der Waals surface area contributed by atoms with Crippen LogP contribution < -0.4 is 19.9 Å². The van der Waals surface area contributed by atoms with Gasteiger partial charge in [-0.3, -0.25) is 0 Å². The molecule has 0 aliphatic carbocycles. The Morgan fingerprint density at radius 3 is 2.64 bits per heavy atom. The molecule has 8 heteroatoms. The third-order valence-corrected chi connectivity index (χ3v) is 5.58. The minimum atomic E-state index is -0.584. The molecule has 0 radical (unpaired) electrons. The van der Waals surface area contributed by atoms with Crippen molar-refractivity contribution in [1.29, 1.82) is 10.5 Å². The van der Waals surface area contributed by atoms with E-state index in [1.807, 2.05) is 6.07 Å². The first-order chi connectivity index (χ1) is 16.0. The molecule has 0 saturated carbocycles. The van der Waals surface area contributed by atoms with Crippen molar-refractivity contribution in [2.45, 2.75) is 12.5 Å². The highest BCUT2D eigenvalue weighted by Gasteiger charge is 2.32. The first-order valence-corrected chi connectivity index (χ1v) is 10.2. The Morgan fingerprint density at radius 1 is 1.12 bits per heavy atom. The van der Waals surface area contributed by atoms with E-state index >= 15 is 0 Å². The van der Waals surface area contributed by atoms with Gasteiger partial charge in [0.15, 0.2) is 11.5 Å². The van der Waals surface area contributed by atoms with E-state index in [1.165, 1.54) is 19.2 Å². The van der Waals surface area contributed by atoms with Gasteiger partial charge in [-0.25, -0.2) is 0 Å². The average molecular weight is 460 g/mol. The Kier molecular flexibility index (Phi) is 5.99. The second kappa shape index (κ2) is 9.04. The van der Waals surface area contributed by atoms with E-state index in [1.54, 1.807) is 36.4 Å². The molecule has 1 aliphatic rings. The van der Waals surface area contributed by atoms with Crippen LogP contribution in [0.25, 0.3) is 0 Å². The fourth-order valence-corrected chi connectivity index (χ4v) is 4.01. The Bertz CT molecular complexity index is 1350. The molecule has 1 aliphatic heterocycles. The van der Waals surface area contributed by atoms with E-state index in [0.717, 1.165) is 0 Å².